The monoisotopic (exact) mass is 242 g/mol. The van der Waals surface area contributed by atoms with Crippen molar-refractivity contribution in [1.82, 2.24) is 0 Å². The molecule has 0 aliphatic heterocycles. The van der Waals surface area contributed by atoms with Crippen molar-refractivity contribution >= 4 is 17.4 Å². The van der Waals surface area contributed by atoms with E-state index in [0.717, 1.165) is 12.8 Å². The minimum Gasteiger partial charge on any atom is -0.294 e. The Bertz CT molecular complexity index is 376. The van der Waals surface area contributed by atoms with E-state index in [0.29, 0.717) is 17.9 Å². The second-order valence-corrected chi connectivity index (χ2v) is 4.55. The number of Topliss-reactive ketones (excluding diaryl/α,β-unsaturated/α-hetero) is 1. The summed E-state index contributed by atoms with van der Waals surface area (Å²) in [6, 6.07) is 3.90. The second-order valence-electron chi connectivity index (χ2n) is 4.15. The van der Waals surface area contributed by atoms with E-state index in [-0.39, 0.29) is 10.8 Å². The first-order chi connectivity index (χ1) is 7.54. The Balaban J connectivity index is 2.73. The SMILES string of the molecule is CCCC(C)CC(=O)c1ccc(F)cc1Cl. The molecule has 1 unspecified atom stereocenters. The predicted octanol–water partition coefficient (Wildman–Crippen LogP) is 4.49. The maximum atomic E-state index is 12.8. The quantitative estimate of drug-likeness (QED) is 0.696. The lowest BCUT2D eigenvalue weighted by atomic mass is 9.96. The highest BCUT2D eigenvalue weighted by molar-refractivity contribution is 6.33. The fraction of sp³-hybridized carbons (Fsp3) is 0.462. The Labute approximate surface area is 101 Å². The lowest BCUT2D eigenvalue weighted by Crippen LogP contribution is -2.06. The molecular weight excluding hydrogens is 227 g/mol. The number of carbonyl (C=O) groups excluding carboxylic acids is 1. The highest BCUT2D eigenvalue weighted by Gasteiger charge is 2.14. The highest BCUT2D eigenvalue weighted by atomic mass is 35.5. The third-order valence-corrected chi connectivity index (χ3v) is 2.86. The van der Waals surface area contributed by atoms with Crippen molar-refractivity contribution in [2.45, 2.75) is 33.1 Å². The summed E-state index contributed by atoms with van der Waals surface area (Å²) < 4.78 is 12.8. The molecule has 3 heteroatoms. The molecule has 1 aromatic carbocycles. The molecule has 0 saturated carbocycles. The maximum Gasteiger partial charge on any atom is 0.164 e. The molecule has 88 valence electrons. The number of hydrogen-bond acceptors (Lipinski definition) is 1. The lowest BCUT2D eigenvalue weighted by molar-refractivity contribution is 0.0962. The van der Waals surface area contributed by atoms with Gasteiger partial charge in [0.2, 0.25) is 0 Å². The maximum absolute atomic E-state index is 12.8. The summed E-state index contributed by atoms with van der Waals surface area (Å²) in [5, 5.41) is 0.202. The van der Waals surface area contributed by atoms with Crippen LogP contribution in [0.4, 0.5) is 4.39 Å². The second kappa shape index (κ2) is 6.00. The van der Waals surface area contributed by atoms with Crippen LogP contribution in [-0.4, -0.2) is 5.78 Å². The van der Waals surface area contributed by atoms with Gasteiger partial charge in [0.25, 0.3) is 0 Å². The van der Waals surface area contributed by atoms with Crippen LogP contribution in [-0.2, 0) is 0 Å². The van der Waals surface area contributed by atoms with Crippen LogP contribution in [0.3, 0.4) is 0 Å². The van der Waals surface area contributed by atoms with E-state index in [1.807, 2.05) is 6.92 Å². The van der Waals surface area contributed by atoms with Crippen LogP contribution >= 0.6 is 11.6 Å². The molecule has 0 saturated heterocycles. The summed E-state index contributed by atoms with van der Waals surface area (Å²) in [7, 11) is 0. The van der Waals surface area contributed by atoms with Crippen molar-refractivity contribution in [3.63, 3.8) is 0 Å². The van der Waals surface area contributed by atoms with E-state index in [1.165, 1.54) is 18.2 Å². The van der Waals surface area contributed by atoms with Gasteiger partial charge < -0.3 is 0 Å². The van der Waals surface area contributed by atoms with E-state index < -0.39 is 5.82 Å². The van der Waals surface area contributed by atoms with E-state index in [9.17, 15) is 9.18 Å². The summed E-state index contributed by atoms with van der Waals surface area (Å²) >= 11 is 5.82. The van der Waals surface area contributed by atoms with Crippen molar-refractivity contribution in [3.8, 4) is 0 Å². The van der Waals surface area contributed by atoms with Gasteiger partial charge in [-0.1, -0.05) is 38.3 Å². The normalized spacial score (nSPS) is 12.5. The van der Waals surface area contributed by atoms with Gasteiger partial charge in [-0.3, -0.25) is 4.79 Å². The summed E-state index contributed by atoms with van der Waals surface area (Å²) in [4.78, 5) is 11.9. The summed E-state index contributed by atoms with van der Waals surface area (Å²) in [6.07, 6.45) is 2.55. The molecule has 1 atom stereocenters. The fourth-order valence-electron chi connectivity index (χ4n) is 1.74. The van der Waals surface area contributed by atoms with E-state index in [2.05, 4.69) is 6.92 Å². The Kier molecular flexibility index (Phi) is 4.94. The average Bonchev–Trinajstić information content (AvgIpc) is 2.17. The molecule has 0 amide bonds. The van der Waals surface area contributed by atoms with Gasteiger partial charge in [-0.2, -0.15) is 0 Å². The van der Waals surface area contributed by atoms with Gasteiger partial charge in [0.15, 0.2) is 5.78 Å². The average molecular weight is 243 g/mol. The minimum absolute atomic E-state index is 0.00838. The standard InChI is InChI=1S/C13H16ClFO/c1-3-4-9(2)7-13(16)11-6-5-10(15)8-12(11)14/h5-6,8-9H,3-4,7H2,1-2H3. The number of hydrogen-bond donors (Lipinski definition) is 0. The molecule has 0 fully saturated rings. The summed E-state index contributed by atoms with van der Waals surface area (Å²) in [5.41, 5.74) is 0.422. The first kappa shape index (κ1) is 13.2. The molecule has 0 radical (unpaired) electrons. The summed E-state index contributed by atoms with van der Waals surface area (Å²) in [6.45, 7) is 4.13. The zero-order valence-corrected chi connectivity index (χ0v) is 10.4. The van der Waals surface area contributed by atoms with Crippen LogP contribution < -0.4 is 0 Å². The number of benzene rings is 1. The van der Waals surface area contributed by atoms with Crippen LogP contribution in [0, 0.1) is 11.7 Å². The summed E-state index contributed by atoms with van der Waals surface area (Å²) in [5.74, 6) is -0.0762. The molecule has 0 N–H and O–H groups in total. The molecule has 16 heavy (non-hydrogen) atoms. The zero-order chi connectivity index (χ0) is 12.1. The molecule has 0 aromatic heterocycles. The van der Waals surface area contributed by atoms with Gasteiger partial charge in [0.1, 0.15) is 5.82 Å². The number of halogens is 2. The van der Waals surface area contributed by atoms with Crippen molar-refractivity contribution < 1.29 is 9.18 Å². The van der Waals surface area contributed by atoms with Gasteiger partial charge >= 0.3 is 0 Å². The molecule has 1 aromatic rings. The van der Waals surface area contributed by atoms with E-state index >= 15 is 0 Å². The molecule has 0 spiro atoms. The van der Waals surface area contributed by atoms with Crippen LogP contribution in [0.25, 0.3) is 0 Å². The Hall–Kier alpha value is -0.890. The number of rotatable bonds is 5. The highest BCUT2D eigenvalue weighted by Crippen LogP contribution is 2.21. The van der Waals surface area contributed by atoms with Crippen LogP contribution in [0.5, 0.6) is 0 Å². The largest absolute Gasteiger partial charge is 0.294 e. The van der Waals surface area contributed by atoms with Crippen LogP contribution in [0.15, 0.2) is 18.2 Å². The van der Waals surface area contributed by atoms with Crippen molar-refractivity contribution in [3.05, 3.63) is 34.6 Å². The molecule has 1 nitrogen and oxygen atoms in total. The number of carbonyl (C=O) groups is 1. The van der Waals surface area contributed by atoms with Crippen molar-refractivity contribution in [1.29, 1.82) is 0 Å². The first-order valence-corrected chi connectivity index (χ1v) is 5.90. The van der Waals surface area contributed by atoms with Gasteiger partial charge in [0.05, 0.1) is 5.02 Å². The third-order valence-electron chi connectivity index (χ3n) is 2.55. The molecule has 1 rings (SSSR count). The van der Waals surface area contributed by atoms with E-state index in [4.69, 9.17) is 11.6 Å². The molecular formula is C13H16ClFO. The lowest BCUT2D eigenvalue weighted by Gasteiger charge is -2.09. The minimum atomic E-state index is -0.414. The molecule has 0 bridgehead atoms. The van der Waals surface area contributed by atoms with E-state index in [1.54, 1.807) is 0 Å². The molecule has 0 aliphatic carbocycles. The van der Waals surface area contributed by atoms with Crippen LogP contribution in [0.2, 0.25) is 5.02 Å². The zero-order valence-electron chi connectivity index (χ0n) is 9.59. The predicted molar refractivity (Wildman–Crippen MR) is 64.4 cm³/mol. The van der Waals surface area contributed by atoms with Gasteiger partial charge in [-0.15, -0.1) is 0 Å². The molecule has 0 heterocycles. The number of ketones is 1. The Morgan fingerprint density at radius 2 is 2.19 bits per heavy atom. The first-order valence-electron chi connectivity index (χ1n) is 5.52. The van der Waals surface area contributed by atoms with Gasteiger partial charge in [-0.25, -0.2) is 4.39 Å². The third kappa shape index (κ3) is 3.60. The fourth-order valence-corrected chi connectivity index (χ4v) is 2.01. The topological polar surface area (TPSA) is 17.1 Å². The Morgan fingerprint density at radius 1 is 1.50 bits per heavy atom. The molecule has 0 aliphatic rings. The van der Waals surface area contributed by atoms with Crippen molar-refractivity contribution in [2.75, 3.05) is 0 Å². The smallest absolute Gasteiger partial charge is 0.164 e. The van der Waals surface area contributed by atoms with Crippen molar-refractivity contribution in [2.24, 2.45) is 5.92 Å². The van der Waals surface area contributed by atoms with Gasteiger partial charge in [0, 0.05) is 12.0 Å². The van der Waals surface area contributed by atoms with Crippen LogP contribution in [0.1, 0.15) is 43.5 Å². The Morgan fingerprint density at radius 3 is 2.75 bits per heavy atom. The van der Waals surface area contributed by atoms with Gasteiger partial charge in [-0.05, 0) is 24.1 Å².